The van der Waals surface area contributed by atoms with Gasteiger partial charge in [-0.15, -0.1) is 0 Å². The lowest BCUT2D eigenvalue weighted by molar-refractivity contribution is -0.140. The molecule has 0 saturated carbocycles. The fraction of sp³-hybridized carbons (Fsp3) is 0.341. The molecule has 0 spiro atoms. The molecule has 2 atom stereocenters. The first kappa shape index (κ1) is 41.8. The van der Waals surface area contributed by atoms with Crippen molar-refractivity contribution < 1.29 is 19.1 Å². The lowest BCUT2D eigenvalue weighted by Crippen LogP contribution is -2.54. The molecule has 1 aliphatic heterocycles. The smallest absolute Gasteiger partial charge is 0.243 e. The average molecular weight is 774 g/mol. The number of carbonyl (C=O) groups is 3. The molecule has 1 heterocycles. The van der Waals surface area contributed by atoms with Crippen LogP contribution in [0.1, 0.15) is 48.8 Å². The van der Waals surface area contributed by atoms with Crippen LogP contribution in [0.3, 0.4) is 0 Å². The maximum absolute atomic E-state index is 14.3. The second kappa shape index (κ2) is 21.6. The Balaban J connectivity index is 1.33. The number of fused-ring (bicyclic) bond motifs is 1. The second-order valence-electron chi connectivity index (χ2n) is 14.2. The van der Waals surface area contributed by atoms with Gasteiger partial charge < -0.3 is 42.8 Å². The molecule has 57 heavy (non-hydrogen) atoms. The number of guanidine groups is 2. The van der Waals surface area contributed by atoms with Crippen molar-refractivity contribution in [3.8, 4) is 5.75 Å². The number of aryl methyl sites for hydroxylation is 1. The third-order valence-corrected chi connectivity index (χ3v) is 9.84. The van der Waals surface area contributed by atoms with Gasteiger partial charge in [0, 0.05) is 45.2 Å². The Morgan fingerprint density at radius 2 is 1.37 bits per heavy atom. The van der Waals surface area contributed by atoms with E-state index in [1.165, 1.54) is 0 Å². The molecule has 0 aromatic heterocycles. The first-order chi connectivity index (χ1) is 27.6. The van der Waals surface area contributed by atoms with Crippen molar-refractivity contribution in [2.75, 3.05) is 32.7 Å². The van der Waals surface area contributed by atoms with Crippen LogP contribution < -0.4 is 33.0 Å². The van der Waals surface area contributed by atoms with Crippen LogP contribution in [0.5, 0.6) is 5.75 Å². The van der Waals surface area contributed by atoms with Crippen molar-refractivity contribution in [2.24, 2.45) is 32.9 Å². The minimum absolute atomic E-state index is 0.0128. The number of hydrogen-bond acceptors (Lipinski definition) is 6. The molecular formula is C44H55N9O4. The molecule has 300 valence electrons. The molecule has 13 nitrogen and oxygen atoms in total. The monoisotopic (exact) mass is 773 g/mol. The number of benzene rings is 4. The van der Waals surface area contributed by atoms with Gasteiger partial charge in [-0.1, -0.05) is 97.1 Å². The van der Waals surface area contributed by atoms with Gasteiger partial charge in [0.05, 0.1) is 6.42 Å². The van der Waals surface area contributed by atoms with Gasteiger partial charge in [0.15, 0.2) is 11.9 Å². The van der Waals surface area contributed by atoms with E-state index in [9.17, 15) is 14.4 Å². The average Bonchev–Trinajstić information content (AvgIpc) is 3.23. The summed E-state index contributed by atoms with van der Waals surface area (Å²) in [5.41, 5.74) is 25.2. The summed E-state index contributed by atoms with van der Waals surface area (Å²) in [6.07, 6.45) is 6.51. The molecule has 5 rings (SSSR count). The molecule has 0 bridgehead atoms. The molecule has 0 saturated heterocycles. The standard InChI is InChI=1S/C44H55N9O4/c45-43(46)49-24-8-14-37-30-52(41(55)29-34-16-20-35-12-4-5-13-36(35)28-34)26-6-7-27-53(39(42(56)51-37)15-9-25-50-44(47)48)40(54)23-19-32-17-21-38(22-18-32)57-31-33-10-2-1-3-11-33/h1-7,10-13,16-18,20-22,28,37,39H,8-9,14-15,19,23-27,29-31H2,(H,51,56)(H4,45,46,49)(H4,47,48,50)/b7-6+/t37-,39-/m0/s1. The van der Waals surface area contributed by atoms with Gasteiger partial charge in [-0.3, -0.25) is 24.4 Å². The van der Waals surface area contributed by atoms with Crippen LogP contribution in [-0.2, 0) is 33.8 Å². The summed E-state index contributed by atoms with van der Waals surface area (Å²) in [7, 11) is 0. The van der Waals surface area contributed by atoms with Gasteiger partial charge in [0.25, 0.3) is 0 Å². The summed E-state index contributed by atoms with van der Waals surface area (Å²) in [4.78, 5) is 53.9. The number of ether oxygens (including phenoxy) is 1. The van der Waals surface area contributed by atoms with Crippen molar-refractivity contribution in [1.82, 2.24) is 15.1 Å². The Hall–Kier alpha value is -6.37. The molecule has 4 aromatic rings. The van der Waals surface area contributed by atoms with Crippen LogP contribution in [0.2, 0.25) is 0 Å². The first-order valence-electron chi connectivity index (χ1n) is 19.5. The van der Waals surface area contributed by atoms with E-state index in [1.807, 2.05) is 109 Å². The molecule has 0 aliphatic carbocycles. The Morgan fingerprint density at radius 1 is 0.719 bits per heavy atom. The normalized spacial score (nSPS) is 16.5. The van der Waals surface area contributed by atoms with E-state index in [2.05, 4.69) is 15.3 Å². The van der Waals surface area contributed by atoms with Crippen molar-refractivity contribution in [3.05, 3.63) is 126 Å². The third kappa shape index (κ3) is 13.7. The number of nitrogens with zero attached hydrogens (tertiary/aromatic N) is 4. The van der Waals surface area contributed by atoms with Crippen molar-refractivity contribution in [3.63, 3.8) is 0 Å². The molecule has 13 heteroatoms. The lowest BCUT2D eigenvalue weighted by atomic mass is 10.0. The van der Waals surface area contributed by atoms with Gasteiger partial charge in [-0.25, -0.2) is 0 Å². The Labute approximate surface area is 334 Å². The van der Waals surface area contributed by atoms with Gasteiger partial charge >= 0.3 is 0 Å². The topological polar surface area (TPSA) is 208 Å². The highest BCUT2D eigenvalue weighted by molar-refractivity contribution is 5.88. The molecule has 0 radical (unpaired) electrons. The van der Waals surface area contributed by atoms with Crippen LogP contribution in [-0.4, -0.2) is 84.2 Å². The summed E-state index contributed by atoms with van der Waals surface area (Å²) < 4.78 is 5.94. The summed E-state index contributed by atoms with van der Waals surface area (Å²) in [5, 5.41) is 5.36. The third-order valence-electron chi connectivity index (χ3n) is 9.84. The van der Waals surface area contributed by atoms with E-state index in [0.29, 0.717) is 58.3 Å². The highest BCUT2D eigenvalue weighted by atomic mass is 16.5. The van der Waals surface area contributed by atoms with E-state index in [1.54, 1.807) is 9.80 Å². The zero-order chi connectivity index (χ0) is 40.4. The number of amides is 3. The highest BCUT2D eigenvalue weighted by Crippen LogP contribution is 2.20. The number of nitrogens with two attached hydrogens (primary N) is 4. The first-order valence-corrected chi connectivity index (χ1v) is 19.5. The molecule has 3 amide bonds. The summed E-state index contributed by atoms with van der Waals surface area (Å²) in [6.45, 7) is 1.90. The lowest BCUT2D eigenvalue weighted by Gasteiger charge is -2.32. The second-order valence-corrected chi connectivity index (χ2v) is 14.2. The van der Waals surface area contributed by atoms with Crippen LogP contribution in [0.25, 0.3) is 10.8 Å². The van der Waals surface area contributed by atoms with Crippen LogP contribution in [0.15, 0.2) is 119 Å². The maximum atomic E-state index is 14.3. The van der Waals surface area contributed by atoms with E-state index < -0.39 is 12.1 Å². The van der Waals surface area contributed by atoms with Crippen molar-refractivity contribution >= 4 is 40.4 Å². The van der Waals surface area contributed by atoms with E-state index in [0.717, 1.165) is 33.2 Å². The van der Waals surface area contributed by atoms with Crippen LogP contribution >= 0.6 is 0 Å². The molecule has 9 N–H and O–H groups in total. The van der Waals surface area contributed by atoms with Crippen LogP contribution in [0, 0.1) is 0 Å². The SMILES string of the molecule is NC(N)=NCCC[C@H]1CN(C(=O)Cc2ccc3ccccc3c2)C/C=C/CN(C(=O)CCc2ccc(OCc3ccccc3)cc2)[C@@H](CCCN=C(N)N)C(=O)N1. The van der Waals surface area contributed by atoms with Crippen molar-refractivity contribution in [1.29, 1.82) is 0 Å². The number of nitrogens with one attached hydrogen (secondary N) is 1. The molecular weight excluding hydrogens is 719 g/mol. The number of carbonyl (C=O) groups excluding carboxylic acids is 3. The van der Waals surface area contributed by atoms with E-state index >= 15 is 0 Å². The fourth-order valence-corrected chi connectivity index (χ4v) is 6.83. The van der Waals surface area contributed by atoms with Gasteiger partial charge in [-0.2, -0.15) is 0 Å². The van der Waals surface area contributed by atoms with Crippen LogP contribution in [0.4, 0.5) is 0 Å². The Bertz CT molecular complexity index is 2010. The molecule has 0 fully saturated rings. The van der Waals surface area contributed by atoms with Gasteiger partial charge in [-0.05, 0) is 71.7 Å². The quantitative estimate of drug-likeness (QED) is 0.0489. The number of rotatable bonds is 16. The van der Waals surface area contributed by atoms with E-state index in [4.69, 9.17) is 27.7 Å². The van der Waals surface area contributed by atoms with E-state index in [-0.39, 0.29) is 55.6 Å². The van der Waals surface area contributed by atoms with Gasteiger partial charge in [0.2, 0.25) is 17.7 Å². The predicted molar refractivity (Wildman–Crippen MR) is 226 cm³/mol. The Kier molecular flexibility index (Phi) is 15.9. The Morgan fingerprint density at radius 3 is 2.09 bits per heavy atom. The van der Waals surface area contributed by atoms with Gasteiger partial charge in [0.1, 0.15) is 18.4 Å². The zero-order valence-electron chi connectivity index (χ0n) is 32.5. The largest absolute Gasteiger partial charge is 0.489 e. The number of aliphatic imine (C=N–C) groups is 2. The summed E-state index contributed by atoms with van der Waals surface area (Å²) >= 11 is 0. The molecule has 0 unspecified atom stereocenters. The van der Waals surface area contributed by atoms with Crippen molar-refractivity contribution in [2.45, 2.75) is 63.6 Å². The summed E-state index contributed by atoms with van der Waals surface area (Å²) in [5.74, 6) is 0.137. The highest BCUT2D eigenvalue weighted by Gasteiger charge is 2.31. The number of hydrogen-bond donors (Lipinski definition) is 5. The molecule has 1 aliphatic rings. The minimum atomic E-state index is -0.801. The maximum Gasteiger partial charge on any atom is 0.243 e. The minimum Gasteiger partial charge on any atom is -0.489 e. The molecule has 4 aromatic carbocycles. The fourth-order valence-electron chi connectivity index (χ4n) is 6.83. The zero-order valence-corrected chi connectivity index (χ0v) is 32.5. The predicted octanol–water partition coefficient (Wildman–Crippen LogP) is 3.78. The summed E-state index contributed by atoms with van der Waals surface area (Å²) in [6, 6.07) is 30.5.